The number of nitrogens with zero attached hydrogens (tertiary/aromatic N) is 1. The smallest absolute Gasteiger partial charge is 0.326 e. The molecule has 12 nitrogen and oxygen atoms in total. The van der Waals surface area contributed by atoms with Crippen molar-refractivity contribution in [1.29, 1.82) is 0 Å². The summed E-state index contributed by atoms with van der Waals surface area (Å²) in [4.78, 5) is 29.8. The molecule has 4 rings (SSSR count). The van der Waals surface area contributed by atoms with Crippen molar-refractivity contribution in [2.75, 3.05) is 7.11 Å². The van der Waals surface area contributed by atoms with Crippen LogP contribution in [0.4, 0.5) is 0 Å². The van der Waals surface area contributed by atoms with Crippen LogP contribution >= 0.6 is 12.4 Å². The summed E-state index contributed by atoms with van der Waals surface area (Å²) in [5, 5.41) is 24.3. The number of hydrogen-bond donors (Lipinski definition) is 5. The first-order valence-electron chi connectivity index (χ1n) is 14.1. The maximum atomic E-state index is 12.6. The Labute approximate surface area is 270 Å². The fourth-order valence-corrected chi connectivity index (χ4v) is 4.05. The molecule has 13 heteroatoms. The summed E-state index contributed by atoms with van der Waals surface area (Å²) in [5.74, 6) is 0.134. The van der Waals surface area contributed by atoms with E-state index in [1.807, 2.05) is 118 Å². The summed E-state index contributed by atoms with van der Waals surface area (Å²) >= 11 is 0. The van der Waals surface area contributed by atoms with Gasteiger partial charge in [0, 0.05) is 0 Å². The Kier molecular flexibility index (Phi) is 18.6. The predicted molar refractivity (Wildman–Crippen MR) is 167 cm³/mol. The normalized spacial score (nSPS) is 16.0. The SMILES string of the molecule is CC(C)[C@H](NO)C(=O)OCc1ccccc1.COc1ccc(C2ON2[C@H](C(=O)OCc2ccccc2)C(C)C)cc1.Cl.ONO. The van der Waals surface area contributed by atoms with Gasteiger partial charge in [0.2, 0.25) is 0 Å². The van der Waals surface area contributed by atoms with Crippen molar-refractivity contribution in [1.82, 2.24) is 16.2 Å². The van der Waals surface area contributed by atoms with Crippen molar-refractivity contribution < 1.29 is 44.3 Å². The lowest BCUT2D eigenvalue weighted by Gasteiger charge is -2.18. The van der Waals surface area contributed by atoms with E-state index in [1.165, 1.54) is 0 Å². The average Bonchev–Trinajstić information content (AvgIpc) is 3.81. The van der Waals surface area contributed by atoms with E-state index in [2.05, 4.69) is 0 Å². The molecule has 0 spiro atoms. The molecular weight excluding hydrogens is 606 g/mol. The zero-order valence-corrected chi connectivity index (χ0v) is 26.8. The van der Waals surface area contributed by atoms with Gasteiger partial charge >= 0.3 is 11.9 Å². The summed E-state index contributed by atoms with van der Waals surface area (Å²) in [6.45, 7) is 8.13. The number of rotatable bonds is 12. The number of hydrogen-bond acceptors (Lipinski definition) is 12. The van der Waals surface area contributed by atoms with Crippen molar-refractivity contribution >= 4 is 24.3 Å². The molecule has 5 N–H and O–H groups in total. The maximum absolute atomic E-state index is 12.6. The summed E-state index contributed by atoms with van der Waals surface area (Å²) in [6, 6.07) is 25.6. The molecule has 0 aromatic heterocycles. The second kappa shape index (κ2) is 21.2. The van der Waals surface area contributed by atoms with Gasteiger partial charge in [-0.05, 0) is 40.7 Å². The van der Waals surface area contributed by atoms with Crippen molar-refractivity contribution in [3.63, 3.8) is 0 Å². The van der Waals surface area contributed by atoms with Gasteiger partial charge in [0.1, 0.15) is 31.0 Å². The molecule has 0 amide bonds. The van der Waals surface area contributed by atoms with E-state index in [0.717, 1.165) is 28.1 Å². The van der Waals surface area contributed by atoms with E-state index in [0.29, 0.717) is 0 Å². The topological polar surface area (TPSA) is 162 Å². The number of carbonyl (C=O) groups excluding carboxylic acids is 2. The number of hydroxylamine groups is 3. The third-order valence-electron chi connectivity index (χ3n) is 6.46. The van der Waals surface area contributed by atoms with Gasteiger partial charge in [-0.15, -0.1) is 17.5 Å². The lowest BCUT2D eigenvalue weighted by Crippen LogP contribution is -2.40. The number of ether oxygens (including phenoxy) is 3. The lowest BCUT2D eigenvalue weighted by molar-refractivity contribution is -0.154. The Morgan fingerprint density at radius 3 is 1.64 bits per heavy atom. The van der Waals surface area contributed by atoms with Crippen LogP contribution in [0.3, 0.4) is 0 Å². The first-order valence-corrected chi connectivity index (χ1v) is 14.1. The van der Waals surface area contributed by atoms with Crippen LogP contribution in [0.25, 0.3) is 0 Å². The van der Waals surface area contributed by atoms with Crippen molar-refractivity contribution in [2.24, 2.45) is 11.8 Å². The molecule has 1 saturated heterocycles. The van der Waals surface area contributed by atoms with Gasteiger partial charge in [0.15, 0.2) is 6.23 Å². The molecule has 3 aromatic carbocycles. The molecule has 0 saturated carbocycles. The Balaban J connectivity index is 0.000000439. The van der Waals surface area contributed by atoms with E-state index in [9.17, 15) is 9.59 Å². The molecule has 1 heterocycles. The molecule has 4 atom stereocenters. The summed E-state index contributed by atoms with van der Waals surface area (Å²) in [7, 11) is 1.63. The molecule has 45 heavy (non-hydrogen) atoms. The van der Waals surface area contributed by atoms with Crippen molar-refractivity contribution in [3.05, 3.63) is 102 Å². The van der Waals surface area contributed by atoms with Crippen LogP contribution in [0.2, 0.25) is 0 Å². The fraction of sp³-hybridized carbons (Fsp3) is 0.375. The Bertz CT molecular complexity index is 1240. The quantitative estimate of drug-likeness (QED) is 0.0990. The largest absolute Gasteiger partial charge is 0.497 e. The molecular formula is C32H44ClN3O9. The second-order valence-electron chi connectivity index (χ2n) is 10.4. The van der Waals surface area contributed by atoms with E-state index < -0.39 is 18.1 Å². The summed E-state index contributed by atoms with van der Waals surface area (Å²) < 4.78 is 15.7. The van der Waals surface area contributed by atoms with E-state index in [-0.39, 0.29) is 49.7 Å². The third-order valence-corrected chi connectivity index (χ3v) is 6.46. The van der Waals surface area contributed by atoms with E-state index in [1.54, 1.807) is 12.2 Å². The minimum atomic E-state index is -0.677. The van der Waals surface area contributed by atoms with Crippen molar-refractivity contribution in [3.8, 4) is 5.75 Å². The molecule has 1 aliphatic heterocycles. The molecule has 1 fully saturated rings. The molecule has 248 valence electrons. The first-order chi connectivity index (χ1) is 21.2. The van der Waals surface area contributed by atoms with Crippen LogP contribution in [0, 0.1) is 11.8 Å². The monoisotopic (exact) mass is 649 g/mol. The minimum Gasteiger partial charge on any atom is -0.497 e. The second-order valence-corrected chi connectivity index (χ2v) is 10.4. The highest BCUT2D eigenvalue weighted by molar-refractivity contribution is 5.85. The van der Waals surface area contributed by atoms with Crippen molar-refractivity contribution in [2.45, 2.75) is 59.2 Å². The first kappa shape index (κ1) is 39.4. The van der Waals surface area contributed by atoms with Crippen LogP contribution < -0.4 is 15.9 Å². The van der Waals surface area contributed by atoms with Gasteiger partial charge in [-0.3, -0.25) is 24.8 Å². The summed E-state index contributed by atoms with van der Waals surface area (Å²) in [6.07, 6.45) is -0.220. The van der Waals surface area contributed by atoms with E-state index >= 15 is 0 Å². The highest BCUT2D eigenvalue weighted by Gasteiger charge is 2.48. The Morgan fingerprint density at radius 1 is 0.778 bits per heavy atom. The van der Waals surface area contributed by atoms with Crippen LogP contribution in [0.1, 0.15) is 50.6 Å². The van der Waals surface area contributed by atoms with E-state index in [4.69, 9.17) is 34.7 Å². The molecule has 2 unspecified atom stereocenters. The third kappa shape index (κ3) is 13.5. The number of nitrogens with one attached hydrogen (secondary N) is 2. The summed E-state index contributed by atoms with van der Waals surface area (Å²) in [5.41, 5.74) is 5.60. The average molecular weight is 650 g/mol. The number of halogens is 1. The highest BCUT2D eigenvalue weighted by Crippen LogP contribution is 2.41. The van der Waals surface area contributed by atoms with Gasteiger partial charge in [-0.25, -0.2) is 0 Å². The minimum absolute atomic E-state index is 0. The zero-order valence-electron chi connectivity index (χ0n) is 26.0. The Hall–Kier alpha value is -3.59. The zero-order chi connectivity index (χ0) is 32.5. The molecule has 0 aliphatic carbocycles. The maximum Gasteiger partial charge on any atom is 0.326 e. The van der Waals surface area contributed by atoms with Crippen LogP contribution in [-0.4, -0.2) is 51.8 Å². The van der Waals surface area contributed by atoms with Gasteiger partial charge in [0.25, 0.3) is 0 Å². The highest BCUT2D eigenvalue weighted by atomic mass is 35.5. The molecule has 0 bridgehead atoms. The van der Waals surface area contributed by atoms with Gasteiger partial charge in [-0.1, -0.05) is 106 Å². The van der Waals surface area contributed by atoms with Crippen LogP contribution in [-0.2, 0) is 37.1 Å². The van der Waals surface area contributed by atoms with Gasteiger partial charge in [-0.2, -0.15) is 5.48 Å². The number of benzene rings is 3. The van der Waals surface area contributed by atoms with Gasteiger partial charge in [0.05, 0.1) is 7.11 Å². The fourth-order valence-electron chi connectivity index (χ4n) is 4.05. The standard InChI is InChI=1S/C20H23NO4.C12H17NO3.ClH.H3NO2/c1-14(2)18(20(22)24-13-15-7-5-4-6-8-15)21-19(25-21)16-9-11-17(23-3)12-10-16;1-9(2)11(13-15)12(14)16-8-10-6-4-3-5-7-10;;2-1-3/h4-12,14,18-19H,13H2,1-3H3;3-7,9,11,13,15H,8H2,1-2H3;1H;1-3H/t18-,19?,21?;11-;;/m00../s1. The Morgan fingerprint density at radius 2 is 1.24 bits per heavy atom. The molecule has 3 aromatic rings. The predicted octanol–water partition coefficient (Wildman–Crippen LogP) is 5.22. The molecule has 1 aliphatic rings. The van der Waals surface area contributed by atoms with Crippen LogP contribution in [0.5, 0.6) is 5.75 Å². The van der Waals surface area contributed by atoms with Gasteiger partial charge < -0.3 is 19.4 Å². The number of carbonyl (C=O) groups is 2. The van der Waals surface area contributed by atoms with Crippen LogP contribution in [0.15, 0.2) is 84.9 Å². The number of methoxy groups -OCH3 is 1. The lowest BCUT2D eigenvalue weighted by atomic mass is 10.0. The molecule has 0 radical (unpaired) electrons. The number of esters is 2.